The minimum Gasteiger partial charge on any atom is -0.375 e. The summed E-state index contributed by atoms with van der Waals surface area (Å²) in [7, 11) is 1.72. The fraction of sp³-hybridized carbons (Fsp3) is 0.111. The molecule has 130 valence electrons. The molecule has 0 atom stereocenters. The smallest absolute Gasteiger partial charge is 0.254 e. The van der Waals surface area contributed by atoms with E-state index in [1.54, 1.807) is 36.5 Å². The number of hydrogen-bond donors (Lipinski definition) is 1. The van der Waals surface area contributed by atoms with Gasteiger partial charge < -0.3 is 15.2 Å². The first kappa shape index (κ1) is 16.2. The SMILES string of the molecule is CN(Cc1cc(-c2cccnc2)no1)C(=O)c1ccc2sc(N)nc2c1. The van der Waals surface area contributed by atoms with Gasteiger partial charge >= 0.3 is 0 Å². The molecule has 1 aromatic carbocycles. The van der Waals surface area contributed by atoms with Gasteiger partial charge in [0.15, 0.2) is 10.9 Å². The van der Waals surface area contributed by atoms with E-state index >= 15 is 0 Å². The van der Waals surface area contributed by atoms with Crippen molar-refractivity contribution in [3.63, 3.8) is 0 Å². The molecule has 4 aromatic rings. The maximum atomic E-state index is 12.7. The Kier molecular flexibility index (Phi) is 4.10. The summed E-state index contributed by atoms with van der Waals surface area (Å²) >= 11 is 1.40. The lowest BCUT2D eigenvalue weighted by atomic mass is 10.2. The number of hydrogen-bond acceptors (Lipinski definition) is 7. The van der Waals surface area contributed by atoms with E-state index in [0.29, 0.717) is 28.7 Å². The number of rotatable bonds is 4. The van der Waals surface area contributed by atoms with Crippen molar-refractivity contribution in [3.8, 4) is 11.3 Å². The van der Waals surface area contributed by atoms with Crippen molar-refractivity contribution in [1.29, 1.82) is 0 Å². The zero-order valence-corrected chi connectivity index (χ0v) is 14.7. The molecule has 0 aliphatic heterocycles. The molecule has 7 nitrogen and oxygen atoms in total. The van der Waals surface area contributed by atoms with Gasteiger partial charge in [0.25, 0.3) is 5.91 Å². The lowest BCUT2D eigenvalue weighted by Crippen LogP contribution is -2.25. The summed E-state index contributed by atoms with van der Waals surface area (Å²) in [6.45, 7) is 0.309. The maximum Gasteiger partial charge on any atom is 0.254 e. The quantitative estimate of drug-likeness (QED) is 0.596. The summed E-state index contributed by atoms with van der Waals surface area (Å²) in [6, 6.07) is 10.9. The Balaban J connectivity index is 1.51. The average molecular weight is 365 g/mol. The van der Waals surface area contributed by atoms with E-state index in [2.05, 4.69) is 15.1 Å². The third-order valence-electron chi connectivity index (χ3n) is 3.91. The number of fused-ring (bicyclic) bond motifs is 1. The van der Waals surface area contributed by atoms with Crippen molar-refractivity contribution < 1.29 is 9.32 Å². The van der Waals surface area contributed by atoms with Crippen molar-refractivity contribution in [2.24, 2.45) is 0 Å². The van der Waals surface area contributed by atoms with Gasteiger partial charge in [-0.1, -0.05) is 16.5 Å². The number of thiazole rings is 1. The van der Waals surface area contributed by atoms with Crippen LogP contribution in [-0.2, 0) is 6.54 Å². The molecule has 3 aromatic heterocycles. The van der Waals surface area contributed by atoms with Gasteiger partial charge in [0.05, 0.1) is 16.8 Å². The van der Waals surface area contributed by atoms with Crippen LogP contribution < -0.4 is 5.73 Å². The predicted molar refractivity (Wildman–Crippen MR) is 99.6 cm³/mol. The number of aromatic nitrogens is 3. The summed E-state index contributed by atoms with van der Waals surface area (Å²) in [6.07, 6.45) is 3.41. The molecule has 0 unspecified atom stereocenters. The number of nitrogens with zero attached hydrogens (tertiary/aromatic N) is 4. The van der Waals surface area contributed by atoms with E-state index in [1.165, 1.54) is 11.3 Å². The van der Waals surface area contributed by atoms with Crippen LogP contribution in [0.2, 0.25) is 0 Å². The molecule has 0 spiro atoms. The highest BCUT2D eigenvalue weighted by Gasteiger charge is 2.16. The van der Waals surface area contributed by atoms with Gasteiger partial charge in [-0.25, -0.2) is 4.98 Å². The first-order chi connectivity index (χ1) is 12.6. The number of anilines is 1. The van der Waals surface area contributed by atoms with E-state index in [1.807, 2.05) is 24.3 Å². The van der Waals surface area contributed by atoms with Gasteiger partial charge in [0, 0.05) is 36.6 Å². The summed E-state index contributed by atoms with van der Waals surface area (Å²) in [5.74, 6) is 0.469. The molecule has 1 amide bonds. The number of pyridine rings is 1. The summed E-state index contributed by atoms with van der Waals surface area (Å²) in [5.41, 5.74) is 8.55. The second-order valence-electron chi connectivity index (χ2n) is 5.82. The van der Waals surface area contributed by atoms with Gasteiger partial charge in [-0.3, -0.25) is 9.78 Å². The highest BCUT2D eigenvalue weighted by molar-refractivity contribution is 7.22. The summed E-state index contributed by atoms with van der Waals surface area (Å²) < 4.78 is 6.31. The number of nitrogen functional groups attached to an aromatic ring is 1. The molecular weight excluding hydrogens is 350 g/mol. The zero-order chi connectivity index (χ0) is 18.1. The molecule has 4 rings (SSSR count). The molecular formula is C18H15N5O2S. The molecule has 8 heteroatoms. The Morgan fingerprint density at radius 1 is 1.31 bits per heavy atom. The van der Waals surface area contributed by atoms with Gasteiger partial charge in [-0.15, -0.1) is 0 Å². The van der Waals surface area contributed by atoms with Crippen LogP contribution in [0.15, 0.2) is 53.3 Å². The first-order valence-corrected chi connectivity index (χ1v) is 8.69. The Morgan fingerprint density at radius 2 is 2.19 bits per heavy atom. The molecule has 2 N–H and O–H groups in total. The predicted octanol–water partition coefficient (Wildman–Crippen LogP) is 3.20. The summed E-state index contributed by atoms with van der Waals surface area (Å²) in [4.78, 5) is 22.5. The minimum absolute atomic E-state index is 0.127. The average Bonchev–Trinajstić information content (AvgIpc) is 3.26. The van der Waals surface area contributed by atoms with Crippen molar-refractivity contribution in [2.45, 2.75) is 6.54 Å². The third kappa shape index (κ3) is 3.14. The molecule has 0 aliphatic rings. The van der Waals surface area contributed by atoms with Gasteiger partial charge in [-0.05, 0) is 30.3 Å². The Morgan fingerprint density at radius 3 is 3.00 bits per heavy atom. The Hall–Kier alpha value is -3.26. The van der Waals surface area contributed by atoms with Gasteiger partial charge in [-0.2, -0.15) is 0 Å². The van der Waals surface area contributed by atoms with E-state index in [-0.39, 0.29) is 5.91 Å². The third-order valence-corrected chi connectivity index (χ3v) is 4.77. The molecule has 0 aliphatic carbocycles. The lowest BCUT2D eigenvalue weighted by Gasteiger charge is -2.15. The molecule has 0 bridgehead atoms. The first-order valence-electron chi connectivity index (χ1n) is 7.87. The van der Waals surface area contributed by atoms with Crippen LogP contribution in [0.3, 0.4) is 0 Å². The minimum atomic E-state index is -0.127. The monoisotopic (exact) mass is 365 g/mol. The normalized spacial score (nSPS) is 11.0. The van der Waals surface area contributed by atoms with E-state index < -0.39 is 0 Å². The fourth-order valence-electron chi connectivity index (χ4n) is 2.64. The van der Waals surface area contributed by atoms with E-state index in [9.17, 15) is 4.79 Å². The van der Waals surface area contributed by atoms with Crippen LogP contribution in [0.1, 0.15) is 16.1 Å². The Bertz CT molecular complexity index is 1070. The van der Waals surface area contributed by atoms with Gasteiger partial charge in [0.2, 0.25) is 0 Å². The second-order valence-corrected chi connectivity index (χ2v) is 6.88. The van der Waals surface area contributed by atoms with Crippen LogP contribution >= 0.6 is 11.3 Å². The molecule has 26 heavy (non-hydrogen) atoms. The molecule has 3 heterocycles. The largest absolute Gasteiger partial charge is 0.375 e. The van der Waals surface area contributed by atoms with Crippen molar-refractivity contribution >= 4 is 32.6 Å². The summed E-state index contributed by atoms with van der Waals surface area (Å²) in [5, 5.41) is 4.53. The number of amides is 1. The Labute approximate surface area is 153 Å². The van der Waals surface area contributed by atoms with Crippen molar-refractivity contribution in [2.75, 3.05) is 12.8 Å². The standard InChI is InChI=1S/C18H15N5O2S/c1-23(10-13-8-14(22-25-13)12-3-2-6-20-9-12)17(24)11-4-5-16-15(7-11)21-18(19)26-16/h2-9H,10H2,1H3,(H2,19,21). The number of nitrogens with two attached hydrogens (primary N) is 1. The fourth-order valence-corrected chi connectivity index (χ4v) is 3.36. The number of carbonyl (C=O) groups excluding carboxylic acids is 1. The number of carbonyl (C=O) groups is 1. The molecule has 0 fully saturated rings. The lowest BCUT2D eigenvalue weighted by molar-refractivity contribution is 0.0772. The molecule has 0 saturated heterocycles. The van der Waals surface area contributed by atoms with Crippen molar-refractivity contribution in [1.82, 2.24) is 20.0 Å². The highest BCUT2D eigenvalue weighted by Crippen LogP contribution is 2.25. The number of benzene rings is 1. The van der Waals surface area contributed by atoms with E-state index in [0.717, 1.165) is 15.8 Å². The van der Waals surface area contributed by atoms with Crippen LogP contribution in [-0.4, -0.2) is 33.0 Å². The zero-order valence-electron chi connectivity index (χ0n) is 13.9. The molecule has 0 saturated carbocycles. The van der Waals surface area contributed by atoms with Gasteiger partial charge in [0.1, 0.15) is 5.69 Å². The van der Waals surface area contributed by atoms with Crippen LogP contribution in [0.5, 0.6) is 0 Å². The second kappa shape index (κ2) is 6.57. The van der Waals surface area contributed by atoms with Crippen LogP contribution in [0.4, 0.5) is 5.13 Å². The maximum absolute atomic E-state index is 12.7. The highest BCUT2D eigenvalue weighted by atomic mass is 32.1. The molecule has 0 radical (unpaired) electrons. The van der Waals surface area contributed by atoms with Crippen LogP contribution in [0, 0.1) is 0 Å². The van der Waals surface area contributed by atoms with E-state index in [4.69, 9.17) is 10.3 Å². The van der Waals surface area contributed by atoms with Crippen LogP contribution in [0.25, 0.3) is 21.5 Å². The topological polar surface area (TPSA) is 98.1 Å². The van der Waals surface area contributed by atoms with Crippen molar-refractivity contribution in [3.05, 3.63) is 60.1 Å².